The average molecular weight is 441 g/mol. The molecule has 0 aliphatic heterocycles. The Morgan fingerprint density at radius 2 is 1.64 bits per heavy atom. The fourth-order valence-corrected chi connectivity index (χ4v) is 4.67. The Hall–Kier alpha value is -2.09. The minimum absolute atomic E-state index is 0.289. The molecule has 1 heterocycles. The van der Waals surface area contributed by atoms with Crippen molar-refractivity contribution in [3.8, 4) is 0 Å². The summed E-state index contributed by atoms with van der Waals surface area (Å²) in [5, 5.41) is 17.7. The van der Waals surface area contributed by atoms with Crippen LogP contribution in [0.2, 0.25) is 10.0 Å². The van der Waals surface area contributed by atoms with Gasteiger partial charge in [-0.2, -0.15) is 0 Å². The SMILES string of the molecule is O=C(Nc1cc(Cl)cc(Cl)c1)c1ccsc1NC(=O)[C@H]1CCCC[C@H]1C(=O)O. The first-order valence-corrected chi connectivity index (χ1v) is 10.4. The van der Waals surface area contributed by atoms with E-state index in [0.717, 1.165) is 12.8 Å². The second kappa shape index (κ2) is 8.94. The summed E-state index contributed by atoms with van der Waals surface area (Å²) in [7, 11) is 0. The molecule has 9 heteroatoms. The molecular weight excluding hydrogens is 423 g/mol. The van der Waals surface area contributed by atoms with E-state index in [0.29, 0.717) is 33.6 Å². The van der Waals surface area contributed by atoms with Crippen molar-refractivity contribution in [2.24, 2.45) is 11.8 Å². The van der Waals surface area contributed by atoms with E-state index in [9.17, 15) is 19.5 Å². The number of halogens is 2. The van der Waals surface area contributed by atoms with Crippen molar-refractivity contribution in [2.75, 3.05) is 10.6 Å². The van der Waals surface area contributed by atoms with Gasteiger partial charge in [0, 0.05) is 15.7 Å². The normalized spacial score (nSPS) is 19.1. The number of carbonyl (C=O) groups is 3. The molecule has 0 radical (unpaired) electrons. The van der Waals surface area contributed by atoms with E-state index in [4.69, 9.17) is 23.2 Å². The number of benzene rings is 1. The number of carbonyl (C=O) groups excluding carboxylic acids is 2. The van der Waals surface area contributed by atoms with Crippen LogP contribution in [-0.4, -0.2) is 22.9 Å². The molecule has 2 atom stereocenters. The summed E-state index contributed by atoms with van der Waals surface area (Å²) in [6.07, 6.45) is 2.63. The monoisotopic (exact) mass is 440 g/mol. The molecule has 6 nitrogen and oxygen atoms in total. The van der Waals surface area contributed by atoms with E-state index >= 15 is 0 Å². The molecule has 0 bridgehead atoms. The van der Waals surface area contributed by atoms with Crippen molar-refractivity contribution < 1.29 is 19.5 Å². The Labute approximate surface area is 175 Å². The maximum Gasteiger partial charge on any atom is 0.307 e. The highest BCUT2D eigenvalue weighted by atomic mass is 35.5. The maximum absolute atomic E-state index is 12.7. The third-order valence-electron chi connectivity index (χ3n) is 4.69. The molecule has 0 saturated heterocycles. The molecular formula is C19H18Cl2N2O4S. The lowest BCUT2D eigenvalue weighted by Gasteiger charge is -2.27. The molecule has 0 spiro atoms. The van der Waals surface area contributed by atoms with E-state index in [1.807, 2.05) is 0 Å². The van der Waals surface area contributed by atoms with Gasteiger partial charge < -0.3 is 15.7 Å². The van der Waals surface area contributed by atoms with Crippen molar-refractivity contribution in [2.45, 2.75) is 25.7 Å². The summed E-state index contributed by atoms with van der Waals surface area (Å²) in [5.74, 6) is -3.04. The summed E-state index contributed by atoms with van der Waals surface area (Å²) in [4.78, 5) is 36.7. The Bertz CT molecular complexity index is 895. The second-order valence-electron chi connectivity index (χ2n) is 6.60. The molecule has 1 fully saturated rings. The molecule has 28 heavy (non-hydrogen) atoms. The highest BCUT2D eigenvalue weighted by Crippen LogP contribution is 2.33. The molecule has 0 unspecified atom stereocenters. The topological polar surface area (TPSA) is 95.5 Å². The lowest BCUT2D eigenvalue weighted by atomic mass is 9.79. The van der Waals surface area contributed by atoms with Crippen molar-refractivity contribution in [1.29, 1.82) is 0 Å². The smallest absolute Gasteiger partial charge is 0.307 e. The van der Waals surface area contributed by atoms with Gasteiger partial charge in [-0.15, -0.1) is 11.3 Å². The van der Waals surface area contributed by atoms with Crippen LogP contribution in [0.4, 0.5) is 10.7 Å². The van der Waals surface area contributed by atoms with Gasteiger partial charge in [0.25, 0.3) is 5.91 Å². The van der Waals surface area contributed by atoms with Crippen LogP contribution in [0.15, 0.2) is 29.6 Å². The molecule has 1 saturated carbocycles. The molecule has 1 aromatic carbocycles. The van der Waals surface area contributed by atoms with Gasteiger partial charge in [-0.25, -0.2) is 0 Å². The van der Waals surface area contributed by atoms with Gasteiger partial charge in [-0.1, -0.05) is 36.0 Å². The summed E-state index contributed by atoms with van der Waals surface area (Å²) in [5.41, 5.74) is 0.723. The Morgan fingerprint density at radius 1 is 1.00 bits per heavy atom. The summed E-state index contributed by atoms with van der Waals surface area (Å²) in [6, 6.07) is 6.28. The maximum atomic E-state index is 12.7. The van der Waals surface area contributed by atoms with Crippen LogP contribution in [0.5, 0.6) is 0 Å². The predicted octanol–water partition coefficient (Wildman–Crippen LogP) is 5.14. The fraction of sp³-hybridized carbons (Fsp3) is 0.316. The third-order valence-corrected chi connectivity index (χ3v) is 5.95. The van der Waals surface area contributed by atoms with Crippen LogP contribution in [0.3, 0.4) is 0 Å². The van der Waals surface area contributed by atoms with E-state index in [2.05, 4.69) is 10.6 Å². The van der Waals surface area contributed by atoms with E-state index in [1.165, 1.54) is 11.3 Å². The molecule has 3 N–H and O–H groups in total. The highest BCUT2D eigenvalue weighted by Gasteiger charge is 2.36. The van der Waals surface area contributed by atoms with Crippen molar-refractivity contribution in [3.63, 3.8) is 0 Å². The number of anilines is 2. The predicted molar refractivity (Wildman–Crippen MR) is 110 cm³/mol. The zero-order chi connectivity index (χ0) is 20.3. The first kappa shape index (κ1) is 20.6. The highest BCUT2D eigenvalue weighted by molar-refractivity contribution is 7.14. The van der Waals surface area contributed by atoms with Crippen LogP contribution in [-0.2, 0) is 9.59 Å². The van der Waals surface area contributed by atoms with Gasteiger partial charge >= 0.3 is 5.97 Å². The number of carboxylic acids is 1. The van der Waals surface area contributed by atoms with Crippen molar-refractivity contribution in [1.82, 2.24) is 0 Å². The first-order chi connectivity index (χ1) is 13.3. The van der Waals surface area contributed by atoms with Crippen LogP contribution in [0, 0.1) is 11.8 Å². The number of carboxylic acid groups (broad SMARTS) is 1. The lowest BCUT2D eigenvalue weighted by molar-refractivity contribution is -0.147. The molecule has 2 aromatic rings. The van der Waals surface area contributed by atoms with Gasteiger partial charge in [-0.05, 0) is 42.5 Å². The van der Waals surface area contributed by atoms with Gasteiger partial charge in [0.05, 0.1) is 17.4 Å². The number of aliphatic carboxylic acids is 1. The Balaban J connectivity index is 1.73. The van der Waals surface area contributed by atoms with Crippen LogP contribution >= 0.6 is 34.5 Å². The lowest BCUT2D eigenvalue weighted by Crippen LogP contribution is -2.36. The Kier molecular flexibility index (Phi) is 6.59. The summed E-state index contributed by atoms with van der Waals surface area (Å²) >= 11 is 13.1. The molecule has 1 aromatic heterocycles. The zero-order valence-electron chi connectivity index (χ0n) is 14.7. The summed E-state index contributed by atoms with van der Waals surface area (Å²) in [6.45, 7) is 0. The summed E-state index contributed by atoms with van der Waals surface area (Å²) < 4.78 is 0. The molecule has 2 amide bonds. The quantitative estimate of drug-likeness (QED) is 0.599. The number of hydrogen-bond acceptors (Lipinski definition) is 4. The number of thiophene rings is 1. The third kappa shape index (κ3) is 4.84. The molecule has 1 aliphatic rings. The Morgan fingerprint density at radius 3 is 2.29 bits per heavy atom. The minimum atomic E-state index is -0.957. The first-order valence-electron chi connectivity index (χ1n) is 8.74. The largest absolute Gasteiger partial charge is 0.481 e. The average Bonchev–Trinajstić information content (AvgIpc) is 3.09. The van der Waals surface area contributed by atoms with Gasteiger partial charge in [-0.3, -0.25) is 14.4 Å². The van der Waals surface area contributed by atoms with Crippen molar-refractivity contribution in [3.05, 3.63) is 45.3 Å². The zero-order valence-corrected chi connectivity index (χ0v) is 17.0. The number of amides is 2. The number of rotatable bonds is 5. The van der Waals surface area contributed by atoms with Crippen LogP contribution < -0.4 is 10.6 Å². The molecule has 148 valence electrons. The van der Waals surface area contributed by atoms with E-state index in [1.54, 1.807) is 29.6 Å². The van der Waals surface area contributed by atoms with Gasteiger partial charge in [0.15, 0.2) is 0 Å². The van der Waals surface area contributed by atoms with Crippen molar-refractivity contribution >= 4 is 63.0 Å². The van der Waals surface area contributed by atoms with Gasteiger partial charge in [0.2, 0.25) is 5.91 Å². The second-order valence-corrected chi connectivity index (χ2v) is 8.39. The standard InChI is InChI=1S/C19H18Cl2N2O4S/c20-10-7-11(21)9-12(8-10)22-17(25)15-5-6-28-18(15)23-16(24)13-3-1-2-4-14(13)19(26)27/h5-9,13-14H,1-4H2,(H,22,25)(H,23,24)(H,26,27)/t13-,14+/m0/s1. The number of hydrogen-bond donors (Lipinski definition) is 3. The molecule has 3 rings (SSSR count). The minimum Gasteiger partial charge on any atom is -0.481 e. The molecule has 1 aliphatic carbocycles. The van der Waals surface area contributed by atoms with Crippen LogP contribution in [0.25, 0.3) is 0 Å². The van der Waals surface area contributed by atoms with E-state index in [-0.39, 0.29) is 11.5 Å². The van der Waals surface area contributed by atoms with E-state index < -0.39 is 23.7 Å². The van der Waals surface area contributed by atoms with Crippen LogP contribution in [0.1, 0.15) is 36.0 Å². The fourth-order valence-electron chi connectivity index (χ4n) is 3.35. The van der Waals surface area contributed by atoms with Gasteiger partial charge in [0.1, 0.15) is 5.00 Å². The number of nitrogens with one attached hydrogen (secondary N) is 2.